The van der Waals surface area contributed by atoms with Crippen LogP contribution < -0.4 is 15.2 Å². The number of methoxy groups -OCH3 is 2. The van der Waals surface area contributed by atoms with Crippen molar-refractivity contribution in [2.45, 2.75) is 44.2 Å². The number of aliphatic hydroxyl groups is 1. The molecule has 6 rings (SSSR count). The van der Waals surface area contributed by atoms with Crippen LogP contribution in [0.1, 0.15) is 65.2 Å². The minimum atomic E-state index is -1.08. The van der Waals surface area contributed by atoms with Gasteiger partial charge in [-0.15, -0.1) is 0 Å². The minimum Gasteiger partial charge on any atom is -0.495 e. The van der Waals surface area contributed by atoms with E-state index >= 15 is 0 Å². The van der Waals surface area contributed by atoms with Crippen LogP contribution in [0.15, 0.2) is 85.7 Å². The Bertz CT molecular complexity index is 2120. The second kappa shape index (κ2) is 13.9. The van der Waals surface area contributed by atoms with Gasteiger partial charge in [0.15, 0.2) is 0 Å². The number of fused-ring (bicyclic) bond motifs is 2. The predicted octanol–water partition coefficient (Wildman–Crippen LogP) is 5.20. The summed E-state index contributed by atoms with van der Waals surface area (Å²) in [5.74, 6) is 0.0319. The van der Waals surface area contributed by atoms with Gasteiger partial charge in [-0.25, -0.2) is 4.98 Å². The molecule has 3 unspecified atom stereocenters. The Morgan fingerprint density at radius 2 is 1.86 bits per heavy atom. The number of aromatic amines is 1. The molecule has 4 heterocycles. The van der Waals surface area contributed by atoms with Crippen molar-refractivity contribution >= 4 is 33.7 Å². The van der Waals surface area contributed by atoms with Gasteiger partial charge in [0.05, 0.1) is 49.4 Å². The number of hydrogen-bond donors (Lipinski definition) is 3. The van der Waals surface area contributed by atoms with Gasteiger partial charge in [-0.1, -0.05) is 12.1 Å². The number of carbonyl (C=O) groups is 2. The molecule has 2 aromatic carbocycles. The van der Waals surface area contributed by atoms with E-state index in [-0.39, 0.29) is 12.5 Å². The Kier molecular flexibility index (Phi) is 9.43. The van der Waals surface area contributed by atoms with Crippen LogP contribution in [-0.2, 0) is 21.4 Å². The molecule has 4 N–H and O–H groups in total. The highest BCUT2D eigenvalue weighted by Crippen LogP contribution is 2.47. The first-order chi connectivity index (χ1) is 23.7. The number of aliphatic hydroxyl groups excluding tert-OH is 1. The number of H-pyrrole nitrogens is 1. The molecule has 0 saturated carbocycles. The molecule has 0 aliphatic rings. The molecule has 0 bridgehead atoms. The SMILES string of the molecule is COc1cncc(C(N)C(=O)n2ccc3cc(C(C)(c4cnc(OC)cn4)C(OC(C)=O)c4c[nH]c5ccc(CCCO)cc45)ccc32)c1. The van der Waals surface area contributed by atoms with Crippen LogP contribution in [0.3, 0.4) is 0 Å². The average molecular weight is 663 g/mol. The normalized spacial score (nSPS) is 13.9. The molecule has 3 atom stereocenters. The molecule has 12 heteroatoms. The summed E-state index contributed by atoms with van der Waals surface area (Å²) >= 11 is 0. The highest BCUT2D eigenvalue weighted by atomic mass is 16.5. The molecule has 0 amide bonds. The van der Waals surface area contributed by atoms with Crippen LogP contribution in [0.2, 0.25) is 0 Å². The van der Waals surface area contributed by atoms with Gasteiger partial charge in [0, 0.05) is 59.5 Å². The summed E-state index contributed by atoms with van der Waals surface area (Å²) in [6.07, 6.45) is 10.3. The first kappa shape index (κ1) is 33.3. The lowest BCUT2D eigenvalue weighted by atomic mass is 9.72. The molecule has 0 radical (unpaired) electrons. The maximum Gasteiger partial charge on any atom is 0.303 e. The number of esters is 1. The number of nitrogens with zero attached hydrogens (tertiary/aromatic N) is 4. The van der Waals surface area contributed by atoms with E-state index in [1.807, 2.05) is 49.5 Å². The van der Waals surface area contributed by atoms with E-state index in [2.05, 4.69) is 21.0 Å². The summed E-state index contributed by atoms with van der Waals surface area (Å²) in [4.78, 5) is 43.2. The number of benzene rings is 2. The van der Waals surface area contributed by atoms with Gasteiger partial charge in [0.1, 0.15) is 17.9 Å². The van der Waals surface area contributed by atoms with Crippen LogP contribution >= 0.6 is 0 Å². The summed E-state index contributed by atoms with van der Waals surface area (Å²) in [5.41, 5.74) is 10.5. The third-order valence-corrected chi connectivity index (χ3v) is 8.98. The van der Waals surface area contributed by atoms with E-state index < -0.39 is 23.5 Å². The average Bonchev–Trinajstić information content (AvgIpc) is 3.76. The zero-order valence-corrected chi connectivity index (χ0v) is 27.7. The van der Waals surface area contributed by atoms with Crippen LogP contribution in [0.4, 0.5) is 0 Å². The van der Waals surface area contributed by atoms with Gasteiger partial charge in [-0.05, 0) is 67.3 Å². The standard InChI is InChI=1S/C37H38N6O6/c1-22(45)49-35(29-19-40-30-9-7-23(6-5-13-44)14-28(29)30)37(2,32-20-42-33(48-4)21-41-32)26-8-10-31-24(15-26)11-12-43(31)36(46)34(38)25-16-27(47-3)18-39-17-25/h7-12,14-21,34-35,40,44H,5-6,13,38H2,1-4H3. The Morgan fingerprint density at radius 3 is 2.57 bits per heavy atom. The first-order valence-corrected chi connectivity index (χ1v) is 15.8. The van der Waals surface area contributed by atoms with E-state index in [9.17, 15) is 14.7 Å². The van der Waals surface area contributed by atoms with E-state index in [1.54, 1.807) is 30.9 Å². The maximum absolute atomic E-state index is 13.7. The first-order valence-electron chi connectivity index (χ1n) is 15.8. The topological polar surface area (TPSA) is 167 Å². The molecule has 49 heavy (non-hydrogen) atoms. The minimum absolute atomic E-state index is 0.0856. The van der Waals surface area contributed by atoms with Gasteiger partial charge >= 0.3 is 5.97 Å². The molecule has 6 aromatic rings. The lowest BCUT2D eigenvalue weighted by Gasteiger charge is -2.37. The van der Waals surface area contributed by atoms with Crippen molar-refractivity contribution in [3.8, 4) is 11.6 Å². The zero-order chi connectivity index (χ0) is 34.7. The largest absolute Gasteiger partial charge is 0.495 e. The lowest BCUT2D eigenvalue weighted by Crippen LogP contribution is -2.35. The fourth-order valence-corrected chi connectivity index (χ4v) is 6.29. The Labute approximate surface area is 282 Å². The third kappa shape index (κ3) is 6.35. The van der Waals surface area contributed by atoms with Crippen LogP contribution in [-0.4, -0.2) is 62.3 Å². The Morgan fingerprint density at radius 1 is 1.02 bits per heavy atom. The molecule has 0 spiro atoms. The summed E-state index contributed by atoms with van der Waals surface area (Å²) in [7, 11) is 3.04. The van der Waals surface area contributed by atoms with Crippen molar-refractivity contribution < 1.29 is 28.9 Å². The van der Waals surface area contributed by atoms with Gasteiger partial charge in [-0.2, -0.15) is 0 Å². The predicted molar refractivity (Wildman–Crippen MR) is 184 cm³/mol. The zero-order valence-electron chi connectivity index (χ0n) is 27.7. The second-order valence-corrected chi connectivity index (χ2v) is 12.0. The van der Waals surface area contributed by atoms with Gasteiger partial charge < -0.3 is 30.0 Å². The number of hydrogen-bond acceptors (Lipinski definition) is 10. The molecular formula is C37H38N6O6. The van der Waals surface area contributed by atoms with Gasteiger partial charge in [0.2, 0.25) is 5.88 Å². The number of nitrogens with two attached hydrogens (primary N) is 1. The third-order valence-electron chi connectivity index (χ3n) is 8.98. The van der Waals surface area contributed by atoms with E-state index in [4.69, 9.17) is 24.9 Å². The number of aryl methyl sites for hydroxylation is 1. The lowest BCUT2D eigenvalue weighted by molar-refractivity contribution is -0.149. The molecule has 0 saturated heterocycles. The highest BCUT2D eigenvalue weighted by molar-refractivity contribution is 5.96. The smallest absolute Gasteiger partial charge is 0.303 e. The molecule has 4 aromatic heterocycles. The van der Waals surface area contributed by atoms with Crippen molar-refractivity contribution in [2.24, 2.45) is 5.73 Å². The number of pyridine rings is 1. The van der Waals surface area contributed by atoms with Crippen LogP contribution in [0.25, 0.3) is 21.8 Å². The Hall–Kier alpha value is -5.59. The van der Waals surface area contributed by atoms with Gasteiger partial charge in [-0.3, -0.25) is 24.1 Å². The molecule has 0 fully saturated rings. The molecule has 0 aliphatic carbocycles. The van der Waals surface area contributed by atoms with E-state index in [0.29, 0.717) is 41.2 Å². The summed E-state index contributed by atoms with van der Waals surface area (Å²) < 4.78 is 18.3. The summed E-state index contributed by atoms with van der Waals surface area (Å²) in [6, 6.07) is 14.3. The van der Waals surface area contributed by atoms with Crippen LogP contribution in [0.5, 0.6) is 11.6 Å². The number of nitrogens with one attached hydrogen (secondary N) is 1. The van der Waals surface area contributed by atoms with E-state index in [0.717, 1.165) is 33.0 Å². The van der Waals surface area contributed by atoms with Crippen molar-refractivity contribution in [3.05, 3.63) is 114 Å². The number of carbonyl (C=O) groups excluding carboxylic acids is 2. The fraction of sp³-hybridized carbons (Fsp3) is 0.270. The molecule has 12 nitrogen and oxygen atoms in total. The summed E-state index contributed by atoms with van der Waals surface area (Å²) in [5, 5.41) is 11.1. The number of ether oxygens (including phenoxy) is 3. The highest BCUT2D eigenvalue weighted by Gasteiger charge is 2.44. The van der Waals surface area contributed by atoms with Gasteiger partial charge in [0.25, 0.3) is 5.91 Å². The fourth-order valence-electron chi connectivity index (χ4n) is 6.29. The molecular weight excluding hydrogens is 624 g/mol. The van der Waals surface area contributed by atoms with Crippen molar-refractivity contribution in [1.29, 1.82) is 0 Å². The van der Waals surface area contributed by atoms with Crippen molar-refractivity contribution in [2.75, 3.05) is 20.8 Å². The maximum atomic E-state index is 13.7. The Balaban J connectivity index is 1.49. The summed E-state index contributed by atoms with van der Waals surface area (Å²) in [6.45, 7) is 3.42. The monoisotopic (exact) mass is 662 g/mol. The molecule has 0 aliphatic heterocycles. The van der Waals surface area contributed by atoms with Crippen LogP contribution in [0, 0.1) is 0 Å². The van der Waals surface area contributed by atoms with Crippen molar-refractivity contribution in [3.63, 3.8) is 0 Å². The second-order valence-electron chi connectivity index (χ2n) is 12.0. The quantitative estimate of drug-likeness (QED) is 0.148. The number of rotatable bonds is 12. The molecule has 252 valence electrons. The number of aromatic nitrogens is 5. The van der Waals surface area contributed by atoms with Crippen molar-refractivity contribution in [1.82, 2.24) is 24.5 Å². The van der Waals surface area contributed by atoms with E-state index in [1.165, 1.54) is 31.9 Å².